The van der Waals surface area contributed by atoms with Gasteiger partial charge in [0.15, 0.2) is 5.65 Å². The Bertz CT molecular complexity index is 1480. The van der Waals surface area contributed by atoms with Crippen LogP contribution in [0.25, 0.3) is 28.6 Å². The monoisotopic (exact) mass is 491 g/mol. The first-order valence-corrected chi connectivity index (χ1v) is 10.6. The Balaban J connectivity index is 1.34. The van der Waals surface area contributed by atoms with E-state index in [9.17, 15) is 13.2 Å². The number of aromatic nitrogens is 4. The molecule has 1 fully saturated rings. The van der Waals surface area contributed by atoms with Crippen molar-refractivity contribution in [3.8, 4) is 28.7 Å². The fraction of sp³-hybridized carbons (Fsp3) is 0.261. The lowest BCUT2D eigenvalue weighted by Gasteiger charge is -2.14. The van der Waals surface area contributed by atoms with Gasteiger partial charge in [0.2, 0.25) is 5.82 Å². The van der Waals surface area contributed by atoms with Crippen LogP contribution in [0.3, 0.4) is 0 Å². The van der Waals surface area contributed by atoms with E-state index in [0.29, 0.717) is 17.0 Å². The first-order chi connectivity index (χ1) is 16.9. The third kappa shape index (κ3) is 4.33. The Hall–Kier alpha value is -3.53. The summed E-state index contributed by atoms with van der Waals surface area (Å²) in [6.07, 6.45) is -3.51. The predicted octanol–water partition coefficient (Wildman–Crippen LogP) is 5.68. The lowest BCUT2D eigenvalue weighted by atomic mass is 10.1. The molecule has 4 aromatic rings. The summed E-state index contributed by atoms with van der Waals surface area (Å²) in [5.74, 6) is 0.914. The summed E-state index contributed by atoms with van der Waals surface area (Å²) in [5, 5.41) is 6.82. The van der Waals surface area contributed by atoms with Crippen LogP contribution in [-0.2, 0) is 6.18 Å². The summed E-state index contributed by atoms with van der Waals surface area (Å²) in [5.41, 5.74) is 1.20. The van der Waals surface area contributed by atoms with E-state index in [4.69, 9.17) is 23.6 Å². The van der Waals surface area contributed by atoms with Crippen LogP contribution in [0.15, 0.2) is 53.5 Å². The van der Waals surface area contributed by atoms with Crippen LogP contribution in [0.2, 0.25) is 5.02 Å². The highest BCUT2D eigenvalue weighted by atomic mass is 35.5. The lowest BCUT2D eigenvalue weighted by molar-refractivity contribution is -0.137. The minimum atomic E-state index is -4.55. The average Bonchev–Trinajstić information content (AvgIpc) is 3.50. The molecule has 1 saturated heterocycles. The van der Waals surface area contributed by atoms with E-state index in [1.807, 2.05) is 6.92 Å². The summed E-state index contributed by atoms with van der Waals surface area (Å²) in [7, 11) is 0. The van der Waals surface area contributed by atoms with Crippen LogP contribution in [0, 0.1) is 6.92 Å². The van der Waals surface area contributed by atoms with Crippen molar-refractivity contribution in [2.45, 2.75) is 31.9 Å². The molecule has 0 saturated carbocycles. The number of rotatable bonds is 5. The number of ether oxygens (including phenoxy) is 1. The van der Waals surface area contributed by atoms with Crippen molar-refractivity contribution in [3.05, 3.63) is 65.1 Å². The summed E-state index contributed by atoms with van der Waals surface area (Å²) in [6.45, 7) is 5.83. The molecule has 0 radical (unpaired) electrons. The van der Waals surface area contributed by atoms with E-state index >= 15 is 0 Å². The van der Waals surface area contributed by atoms with Crippen molar-refractivity contribution < 1.29 is 25.2 Å². The fourth-order valence-electron chi connectivity index (χ4n) is 3.60. The number of hydrogen-bond donors (Lipinski definition) is 1. The molecule has 1 aromatic carbocycles. The van der Waals surface area contributed by atoms with Crippen molar-refractivity contribution in [1.29, 1.82) is 0 Å². The van der Waals surface area contributed by atoms with Crippen molar-refractivity contribution in [1.82, 2.24) is 24.8 Å². The zero-order valence-corrected chi connectivity index (χ0v) is 18.5. The zero-order valence-electron chi connectivity index (χ0n) is 19.8. The molecule has 7 nitrogen and oxygen atoms in total. The van der Waals surface area contributed by atoms with Crippen molar-refractivity contribution in [2.75, 3.05) is 6.61 Å². The molecular formula is C23H19ClF3N5O2. The number of benzene rings is 1. The number of pyridine rings is 1. The molecule has 0 bridgehead atoms. The second-order valence-electron chi connectivity index (χ2n) is 7.85. The van der Waals surface area contributed by atoms with Gasteiger partial charge in [-0.2, -0.15) is 18.2 Å². The maximum absolute atomic E-state index is 13.1. The van der Waals surface area contributed by atoms with Crippen LogP contribution in [-0.4, -0.2) is 32.2 Å². The van der Waals surface area contributed by atoms with E-state index in [0.717, 1.165) is 17.8 Å². The number of allylic oxidation sites excluding steroid dienone is 1. The SMILES string of the molecule is [2H]C1([2H])CC(COc2ccc(-c3noc(-c4cn5cc(C(F)(F)F)cc(Cl)c5n4)n3)cc2C)NC1=C. The minimum Gasteiger partial charge on any atom is -0.491 e. The number of imidazole rings is 1. The van der Waals surface area contributed by atoms with Gasteiger partial charge in [0.05, 0.1) is 16.6 Å². The quantitative estimate of drug-likeness (QED) is 0.387. The zero-order chi connectivity index (χ0) is 25.8. The molecule has 11 heteroatoms. The molecule has 1 N–H and O–H groups in total. The molecule has 176 valence electrons. The Morgan fingerprint density at radius 1 is 1.32 bits per heavy atom. The highest BCUT2D eigenvalue weighted by molar-refractivity contribution is 6.33. The highest BCUT2D eigenvalue weighted by Crippen LogP contribution is 2.33. The molecule has 34 heavy (non-hydrogen) atoms. The van der Waals surface area contributed by atoms with Gasteiger partial charge in [-0.05, 0) is 49.5 Å². The molecule has 1 unspecified atom stereocenters. The number of alkyl halides is 3. The number of halogens is 4. The average molecular weight is 492 g/mol. The van der Waals surface area contributed by atoms with E-state index < -0.39 is 18.1 Å². The molecule has 1 aliphatic rings. The number of fused-ring (bicyclic) bond motifs is 1. The second-order valence-corrected chi connectivity index (χ2v) is 8.25. The van der Waals surface area contributed by atoms with Crippen molar-refractivity contribution in [3.63, 3.8) is 0 Å². The third-order valence-electron chi connectivity index (χ3n) is 5.29. The topological polar surface area (TPSA) is 77.5 Å². The van der Waals surface area contributed by atoms with Gasteiger partial charge < -0.3 is 19.0 Å². The molecule has 1 aliphatic heterocycles. The summed E-state index contributed by atoms with van der Waals surface area (Å²) < 4.78 is 67.4. The van der Waals surface area contributed by atoms with Crippen molar-refractivity contribution >= 4 is 17.2 Å². The first-order valence-electron chi connectivity index (χ1n) is 11.2. The fourth-order valence-corrected chi connectivity index (χ4v) is 3.85. The first kappa shape index (κ1) is 19.9. The molecule has 3 aromatic heterocycles. The Kier molecular flexibility index (Phi) is 4.89. The minimum absolute atomic E-state index is 0.0260. The van der Waals surface area contributed by atoms with Crippen LogP contribution in [0.1, 0.15) is 26.7 Å². The summed E-state index contributed by atoms with van der Waals surface area (Å²) in [6, 6.07) is 5.93. The largest absolute Gasteiger partial charge is 0.491 e. The third-order valence-corrected chi connectivity index (χ3v) is 5.57. The normalized spacial score (nSPS) is 18.6. The lowest BCUT2D eigenvalue weighted by Crippen LogP contribution is -2.27. The van der Waals surface area contributed by atoms with E-state index in [2.05, 4.69) is 27.0 Å². The van der Waals surface area contributed by atoms with Gasteiger partial charge in [0.25, 0.3) is 5.89 Å². The van der Waals surface area contributed by atoms with E-state index in [1.54, 1.807) is 18.2 Å². The molecule has 5 rings (SSSR count). The van der Waals surface area contributed by atoms with Crippen LogP contribution >= 0.6 is 11.6 Å². The Labute approximate surface area is 200 Å². The summed E-state index contributed by atoms with van der Waals surface area (Å²) in [4.78, 5) is 8.56. The van der Waals surface area contributed by atoms with Crippen molar-refractivity contribution in [2.24, 2.45) is 0 Å². The van der Waals surface area contributed by atoms with Crippen LogP contribution in [0.5, 0.6) is 5.75 Å². The molecular weight excluding hydrogens is 471 g/mol. The predicted molar refractivity (Wildman–Crippen MR) is 119 cm³/mol. The van der Waals surface area contributed by atoms with Gasteiger partial charge in [-0.1, -0.05) is 23.3 Å². The van der Waals surface area contributed by atoms with Crippen LogP contribution < -0.4 is 10.1 Å². The van der Waals surface area contributed by atoms with E-state index in [1.165, 1.54) is 10.6 Å². The summed E-state index contributed by atoms with van der Waals surface area (Å²) >= 11 is 6.00. The number of aryl methyl sites for hydroxylation is 1. The maximum Gasteiger partial charge on any atom is 0.417 e. The molecule has 0 amide bonds. The van der Waals surface area contributed by atoms with Gasteiger partial charge in [-0.15, -0.1) is 0 Å². The van der Waals surface area contributed by atoms with Gasteiger partial charge in [0.1, 0.15) is 18.1 Å². The Morgan fingerprint density at radius 2 is 2.15 bits per heavy atom. The van der Waals surface area contributed by atoms with E-state index in [-0.39, 0.29) is 47.1 Å². The number of nitrogens with zero attached hydrogens (tertiary/aromatic N) is 4. The molecule has 0 aliphatic carbocycles. The molecule has 4 heterocycles. The second kappa shape index (κ2) is 8.35. The molecule has 0 spiro atoms. The van der Waals surface area contributed by atoms with Crippen LogP contribution in [0.4, 0.5) is 13.2 Å². The Morgan fingerprint density at radius 3 is 2.85 bits per heavy atom. The smallest absolute Gasteiger partial charge is 0.417 e. The van der Waals surface area contributed by atoms with Gasteiger partial charge >= 0.3 is 6.18 Å². The maximum atomic E-state index is 13.1. The molecule has 1 atom stereocenters. The van der Waals surface area contributed by atoms with Gasteiger partial charge in [0, 0.05) is 26.4 Å². The number of nitrogens with one attached hydrogen (secondary N) is 1. The highest BCUT2D eigenvalue weighted by Gasteiger charge is 2.32. The number of hydrogen-bond acceptors (Lipinski definition) is 6. The van der Waals surface area contributed by atoms with Gasteiger partial charge in [-0.25, -0.2) is 4.98 Å². The standard InChI is InChI=1S/C23H19ClF3N5O2/c1-12-7-14(4-6-19(12)33-11-16-5-3-13(2)28-16)20-30-22(34-31-20)18-10-32-9-15(23(25,26)27)8-17(24)21(32)29-18/h4,6-10,16,28H,2-3,5,11H2,1H3/i3D2. The van der Waals surface area contributed by atoms with Gasteiger partial charge in [-0.3, -0.25) is 0 Å².